The molecule has 1 fully saturated rings. The third kappa shape index (κ3) is 7.96. The van der Waals surface area contributed by atoms with Crippen molar-refractivity contribution < 1.29 is 14.3 Å². The molecule has 2 N–H and O–H groups in total. The van der Waals surface area contributed by atoms with Gasteiger partial charge in [-0.05, 0) is 36.6 Å². The summed E-state index contributed by atoms with van der Waals surface area (Å²) in [6.07, 6.45) is 3.01. The Morgan fingerprint density at radius 3 is 2.79 bits per heavy atom. The van der Waals surface area contributed by atoms with Gasteiger partial charge in [0.05, 0.1) is 24.6 Å². The lowest BCUT2D eigenvalue weighted by molar-refractivity contribution is 0.122. The van der Waals surface area contributed by atoms with Crippen LogP contribution < -0.4 is 15.5 Å². The highest BCUT2D eigenvalue weighted by molar-refractivity contribution is 8.00. The number of nitrogens with one attached hydrogen (secondary N) is 2. The van der Waals surface area contributed by atoms with E-state index in [1.165, 1.54) is 16.6 Å². The van der Waals surface area contributed by atoms with Gasteiger partial charge in [0.25, 0.3) is 0 Å². The molecule has 0 spiro atoms. The van der Waals surface area contributed by atoms with E-state index in [9.17, 15) is 4.79 Å². The van der Waals surface area contributed by atoms with E-state index in [-0.39, 0.29) is 6.61 Å². The van der Waals surface area contributed by atoms with E-state index in [0.29, 0.717) is 12.2 Å². The van der Waals surface area contributed by atoms with Crippen molar-refractivity contribution in [2.45, 2.75) is 43.3 Å². The lowest BCUT2D eigenvalue weighted by Crippen LogP contribution is -2.36. The largest absolute Gasteiger partial charge is 0.445 e. The van der Waals surface area contributed by atoms with Gasteiger partial charge in [-0.2, -0.15) is 0 Å². The lowest BCUT2D eigenvalue weighted by atomic mass is 10.2. The number of aromatic nitrogens is 2. The summed E-state index contributed by atoms with van der Waals surface area (Å²) in [7, 11) is 0. The van der Waals surface area contributed by atoms with Crippen molar-refractivity contribution in [2.75, 3.05) is 48.4 Å². The molecule has 202 valence electrons. The van der Waals surface area contributed by atoms with Crippen molar-refractivity contribution in [3.8, 4) is 0 Å². The van der Waals surface area contributed by atoms with Gasteiger partial charge < -0.3 is 19.7 Å². The number of amides is 1. The quantitative estimate of drug-likeness (QED) is 0.204. The Labute approximate surface area is 232 Å². The number of carbonyl (C=O) groups is 1. The van der Waals surface area contributed by atoms with E-state index in [1.54, 1.807) is 23.1 Å². The van der Waals surface area contributed by atoms with Crippen LogP contribution in [0.1, 0.15) is 35.7 Å². The minimum Gasteiger partial charge on any atom is -0.445 e. The Morgan fingerprint density at radius 2 is 2.05 bits per heavy atom. The van der Waals surface area contributed by atoms with Crippen LogP contribution in [0.5, 0.6) is 0 Å². The first kappa shape index (κ1) is 27.9. The molecule has 0 saturated carbocycles. The molecule has 4 rings (SSSR count). The third-order valence-electron chi connectivity index (χ3n) is 5.98. The van der Waals surface area contributed by atoms with Crippen molar-refractivity contribution in [3.05, 3.63) is 70.9 Å². The third-order valence-corrected chi connectivity index (χ3v) is 8.40. The van der Waals surface area contributed by atoms with E-state index in [0.717, 1.165) is 72.0 Å². The predicted molar refractivity (Wildman–Crippen MR) is 157 cm³/mol. The highest BCUT2D eigenvalue weighted by Crippen LogP contribution is 2.32. The van der Waals surface area contributed by atoms with Crippen LogP contribution >= 0.6 is 23.1 Å². The van der Waals surface area contributed by atoms with Crippen molar-refractivity contribution in [1.82, 2.24) is 9.97 Å². The topological polar surface area (TPSA) is 88.6 Å². The second-order valence-electron chi connectivity index (χ2n) is 8.71. The summed E-state index contributed by atoms with van der Waals surface area (Å²) < 4.78 is 11.7. The monoisotopic (exact) mass is 553 g/mol. The number of aryl methyl sites for hydroxylation is 2. The molecule has 3 aromatic rings. The minimum absolute atomic E-state index is 0.168. The number of morpholine rings is 1. The standard InChI is InChI=1S/C28H35N5O3S2/c1-4-12-36-27(34)31-21-9-7-8-20(15-21)18-29-26-17-23(33-10-13-35-14-11-33)16-22(30-26)19-37-28-32-24(5-2)25(6-3)38-28/h4,7-9,15-17H,1,5-6,10-14,18-19H2,2-3H3,(H,29,30)(H,31,34). The number of thiazole rings is 1. The molecule has 0 aliphatic carbocycles. The zero-order chi connectivity index (χ0) is 26.7. The SMILES string of the molecule is C=CCOC(=O)Nc1cccc(CNc2cc(N3CCOCC3)cc(CSc3nc(CC)c(CC)s3)n2)c1. The number of hydrogen-bond acceptors (Lipinski definition) is 9. The average Bonchev–Trinajstić information content (AvgIpc) is 3.37. The second-order valence-corrected chi connectivity index (χ2v) is 11.0. The van der Waals surface area contributed by atoms with Crippen molar-refractivity contribution in [1.29, 1.82) is 0 Å². The van der Waals surface area contributed by atoms with Crippen LogP contribution in [-0.4, -0.2) is 49.0 Å². The molecular formula is C28H35N5O3S2. The van der Waals surface area contributed by atoms with Crippen LogP contribution in [-0.2, 0) is 34.6 Å². The fourth-order valence-electron chi connectivity index (χ4n) is 4.09. The second kappa shape index (κ2) is 14.2. The number of hydrogen-bond donors (Lipinski definition) is 2. The summed E-state index contributed by atoms with van der Waals surface area (Å²) >= 11 is 3.54. The molecule has 8 nitrogen and oxygen atoms in total. The predicted octanol–water partition coefficient (Wildman–Crippen LogP) is 6.14. The summed E-state index contributed by atoms with van der Waals surface area (Å²) in [5.41, 5.74) is 5.05. The molecule has 38 heavy (non-hydrogen) atoms. The van der Waals surface area contributed by atoms with Crippen LogP contribution in [0.25, 0.3) is 0 Å². The van der Waals surface area contributed by atoms with Crippen LogP contribution in [0, 0.1) is 0 Å². The van der Waals surface area contributed by atoms with Crippen LogP contribution in [0.15, 0.2) is 53.4 Å². The van der Waals surface area contributed by atoms with Crippen molar-refractivity contribution in [3.63, 3.8) is 0 Å². The Bertz CT molecular complexity index is 1210. The molecule has 1 aliphatic heterocycles. The first-order chi connectivity index (χ1) is 18.6. The number of carbonyl (C=O) groups excluding carboxylic acids is 1. The molecule has 0 bridgehead atoms. The summed E-state index contributed by atoms with van der Waals surface area (Å²) in [5, 5.41) is 6.22. The lowest BCUT2D eigenvalue weighted by Gasteiger charge is -2.29. The number of rotatable bonds is 12. The number of nitrogens with zero attached hydrogens (tertiary/aromatic N) is 3. The first-order valence-electron chi connectivity index (χ1n) is 12.9. The molecule has 3 heterocycles. The maximum atomic E-state index is 11.9. The van der Waals surface area contributed by atoms with Crippen LogP contribution in [0.4, 0.5) is 22.0 Å². The molecule has 0 unspecified atom stereocenters. The Balaban J connectivity index is 1.46. The highest BCUT2D eigenvalue weighted by atomic mass is 32.2. The smallest absolute Gasteiger partial charge is 0.411 e. The van der Waals surface area contributed by atoms with Gasteiger partial charge >= 0.3 is 6.09 Å². The number of anilines is 3. The Morgan fingerprint density at radius 1 is 1.21 bits per heavy atom. The van der Waals surface area contributed by atoms with Crippen molar-refractivity contribution in [2.24, 2.45) is 0 Å². The molecule has 1 aromatic carbocycles. The average molecular weight is 554 g/mol. The summed E-state index contributed by atoms with van der Waals surface area (Å²) in [4.78, 5) is 25.4. The first-order valence-corrected chi connectivity index (χ1v) is 14.7. The van der Waals surface area contributed by atoms with Gasteiger partial charge in [0.1, 0.15) is 12.4 Å². The Kier molecular flexibility index (Phi) is 10.4. The van der Waals surface area contributed by atoms with Gasteiger partial charge in [-0.3, -0.25) is 5.32 Å². The van der Waals surface area contributed by atoms with Gasteiger partial charge in [-0.1, -0.05) is 50.4 Å². The van der Waals surface area contributed by atoms with E-state index < -0.39 is 6.09 Å². The molecule has 1 amide bonds. The maximum Gasteiger partial charge on any atom is 0.411 e. The zero-order valence-corrected chi connectivity index (χ0v) is 23.6. The summed E-state index contributed by atoms with van der Waals surface area (Å²) in [6.45, 7) is 11.8. The number of benzene rings is 1. The van der Waals surface area contributed by atoms with E-state index in [4.69, 9.17) is 19.4 Å². The highest BCUT2D eigenvalue weighted by Gasteiger charge is 2.15. The van der Waals surface area contributed by atoms with Crippen molar-refractivity contribution >= 4 is 46.4 Å². The van der Waals surface area contributed by atoms with Gasteiger partial charge in [0, 0.05) is 47.7 Å². The van der Waals surface area contributed by atoms with E-state index in [1.807, 2.05) is 24.3 Å². The maximum absolute atomic E-state index is 11.9. The molecule has 0 atom stereocenters. The minimum atomic E-state index is -0.505. The fraction of sp³-hybridized carbons (Fsp3) is 0.393. The van der Waals surface area contributed by atoms with Crippen LogP contribution in [0.2, 0.25) is 0 Å². The molecule has 10 heteroatoms. The van der Waals surface area contributed by atoms with E-state index >= 15 is 0 Å². The Hall–Kier alpha value is -3.08. The molecule has 0 radical (unpaired) electrons. The zero-order valence-electron chi connectivity index (χ0n) is 22.0. The van der Waals surface area contributed by atoms with E-state index in [2.05, 4.69) is 48.1 Å². The molecular weight excluding hydrogens is 518 g/mol. The number of thioether (sulfide) groups is 1. The fourth-order valence-corrected chi connectivity index (χ4v) is 6.22. The molecule has 2 aromatic heterocycles. The summed E-state index contributed by atoms with van der Waals surface area (Å²) in [5.74, 6) is 1.56. The van der Waals surface area contributed by atoms with Crippen LogP contribution in [0.3, 0.4) is 0 Å². The number of ether oxygens (including phenoxy) is 2. The number of pyridine rings is 1. The molecule has 1 saturated heterocycles. The van der Waals surface area contributed by atoms with Gasteiger partial charge in [-0.15, -0.1) is 11.3 Å². The van der Waals surface area contributed by atoms with Gasteiger partial charge in [0.15, 0.2) is 4.34 Å². The summed E-state index contributed by atoms with van der Waals surface area (Å²) in [6, 6.07) is 11.9. The molecule has 1 aliphatic rings. The normalized spacial score (nSPS) is 13.3. The van der Waals surface area contributed by atoms with Gasteiger partial charge in [0.2, 0.25) is 0 Å². The van der Waals surface area contributed by atoms with Gasteiger partial charge in [-0.25, -0.2) is 14.8 Å².